The van der Waals surface area contributed by atoms with E-state index in [1.807, 2.05) is 13.0 Å². The average Bonchev–Trinajstić information content (AvgIpc) is 2.92. The fraction of sp³-hybridized carbons (Fsp3) is 0.179. The van der Waals surface area contributed by atoms with Crippen LogP contribution in [0.2, 0.25) is 5.02 Å². The number of hydrogen-bond donors (Lipinski definition) is 2. The number of ether oxygens (including phenoxy) is 4. The van der Waals surface area contributed by atoms with E-state index >= 15 is 0 Å². The zero-order chi connectivity index (χ0) is 27.5. The Kier molecular flexibility index (Phi) is 9.97. The molecule has 2 N–H and O–H groups in total. The molecule has 10 heteroatoms. The molecule has 9 nitrogen and oxygen atoms in total. The van der Waals surface area contributed by atoms with Gasteiger partial charge in [0.25, 0.3) is 11.8 Å². The molecular formula is C28H26ClN3O6. The van der Waals surface area contributed by atoms with Crippen LogP contribution in [0.15, 0.2) is 66.2 Å². The number of amides is 2. The lowest BCUT2D eigenvalue weighted by atomic mass is 10.1. The lowest BCUT2D eigenvalue weighted by Gasteiger charge is -2.14. The number of nitriles is 1. The second kappa shape index (κ2) is 13.6. The highest BCUT2D eigenvalue weighted by Gasteiger charge is 2.16. The molecule has 2 amide bonds. The fourth-order valence-electron chi connectivity index (χ4n) is 3.29. The second-order valence-electron chi connectivity index (χ2n) is 7.68. The van der Waals surface area contributed by atoms with Crippen LogP contribution in [0.5, 0.6) is 23.0 Å². The molecular weight excluding hydrogens is 510 g/mol. The van der Waals surface area contributed by atoms with Crippen molar-refractivity contribution in [3.05, 3.63) is 76.8 Å². The zero-order valence-electron chi connectivity index (χ0n) is 21.0. The van der Waals surface area contributed by atoms with Crippen molar-refractivity contribution in [3.8, 4) is 29.1 Å². The van der Waals surface area contributed by atoms with Crippen molar-refractivity contribution in [1.82, 2.24) is 0 Å². The number of anilines is 2. The Morgan fingerprint density at radius 3 is 2.13 bits per heavy atom. The van der Waals surface area contributed by atoms with Crippen molar-refractivity contribution in [2.24, 2.45) is 0 Å². The predicted molar refractivity (Wildman–Crippen MR) is 145 cm³/mol. The van der Waals surface area contributed by atoms with Crippen LogP contribution in [0, 0.1) is 11.3 Å². The third-order valence-corrected chi connectivity index (χ3v) is 5.35. The summed E-state index contributed by atoms with van der Waals surface area (Å²) in [7, 11) is 2.96. The molecule has 0 bridgehead atoms. The van der Waals surface area contributed by atoms with E-state index in [9.17, 15) is 14.9 Å². The van der Waals surface area contributed by atoms with Crippen molar-refractivity contribution >= 4 is 40.9 Å². The topological polar surface area (TPSA) is 119 Å². The minimum Gasteiger partial charge on any atom is -0.497 e. The lowest BCUT2D eigenvalue weighted by Crippen LogP contribution is -2.20. The van der Waals surface area contributed by atoms with E-state index in [0.717, 1.165) is 0 Å². The standard InChI is InChI=1S/C28H26ClN3O6/c1-4-37-23-11-7-21(8-12-23)32-28(34)19(16-30)13-18-14-24(29)27(25(15-18)36-3)38-17-26(33)31-20-5-9-22(35-2)10-6-20/h5-15H,4,17H2,1-3H3,(H,31,33)(H,32,34)/b19-13+. The Bertz CT molecular complexity index is 1350. The molecule has 0 saturated carbocycles. The van der Waals surface area contributed by atoms with Gasteiger partial charge in [-0.3, -0.25) is 9.59 Å². The van der Waals surface area contributed by atoms with Crippen LogP contribution in [0.25, 0.3) is 6.08 Å². The van der Waals surface area contributed by atoms with Crippen LogP contribution in [0.3, 0.4) is 0 Å². The number of methoxy groups -OCH3 is 2. The molecule has 3 aromatic rings. The predicted octanol–water partition coefficient (Wildman–Crippen LogP) is 5.32. The minimum atomic E-state index is -0.595. The van der Waals surface area contributed by atoms with E-state index in [2.05, 4.69) is 10.6 Å². The third kappa shape index (κ3) is 7.66. The van der Waals surface area contributed by atoms with E-state index in [1.165, 1.54) is 19.3 Å². The van der Waals surface area contributed by atoms with E-state index in [0.29, 0.717) is 35.0 Å². The summed E-state index contributed by atoms with van der Waals surface area (Å²) in [6.07, 6.45) is 1.37. The van der Waals surface area contributed by atoms with Crippen LogP contribution in [0.4, 0.5) is 11.4 Å². The molecule has 196 valence electrons. The van der Waals surface area contributed by atoms with Gasteiger partial charge in [-0.15, -0.1) is 0 Å². The molecule has 0 radical (unpaired) electrons. The first kappa shape index (κ1) is 27.9. The Labute approximate surface area is 225 Å². The fourth-order valence-corrected chi connectivity index (χ4v) is 3.56. The molecule has 0 aliphatic heterocycles. The molecule has 0 saturated heterocycles. The van der Waals surface area contributed by atoms with E-state index < -0.39 is 11.8 Å². The summed E-state index contributed by atoms with van der Waals surface area (Å²) < 4.78 is 21.5. The monoisotopic (exact) mass is 535 g/mol. The van der Waals surface area contributed by atoms with Gasteiger partial charge in [-0.05, 0) is 79.2 Å². The molecule has 0 heterocycles. The molecule has 0 atom stereocenters. The van der Waals surface area contributed by atoms with Crippen LogP contribution in [-0.4, -0.2) is 39.2 Å². The van der Waals surface area contributed by atoms with Gasteiger partial charge >= 0.3 is 0 Å². The molecule has 3 rings (SSSR count). The Morgan fingerprint density at radius 2 is 1.55 bits per heavy atom. The summed E-state index contributed by atoms with van der Waals surface area (Å²) >= 11 is 6.39. The van der Waals surface area contributed by atoms with E-state index in [1.54, 1.807) is 61.7 Å². The smallest absolute Gasteiger partial charge is 0.266 e. The molecule has 3 aromatic carbocycles. The average molecular weight is 536 g/mol. The molecule has 0 aliphatic rings. The number of halogens is 1. The van der Waals surface area contributed by atoms with Gasteiger partial charge in [0.1, 0.15) is 23.1 Å². The van der Waals surface area contributed by atoms with Gasteiger partial charge in [0.05, 0.1) is 25.8 Å². The second-order valence-corrected chi connectivity index (χ2v) is 8.09. The lowest BCUT2D eigenvalue weighted by molar-refractivity contribution is -0.118. The van der Waals surface area contributed by atoms with Gasteiger partial charge in [-0.2, -0.15) is 5.26 Å². The van der Waals surface area contributed by atoms with Crippen molar-refractivity contribution in [2.75, 3.05) is 38.1 Å². The summed E-state index contributed by atoms with van der Waals surface area (Å²) in [6, 6.07) is 18.6. The SMILES string of the molecule is CCOc1ccc(NC(=O)/C(C#N)=C/c2cc(Cl)c(OCC(=O)Nc3ccc(OC)cc3)c(OC)c2)cc1. The van der Waals surface area contributed by atoms with Crippen LogP contribution >= 0.6 is 11.6 Å². The first-order valence-corrected chi connectivity index (χ1v) is 11.8. The summed E-state index contributed by atoms with van der Waals surface area (Å²) in [5.41, 5.74) is 1.36. The number of carbonyl (C=O) groups excluding carboxylic acids is 2. The number of benzene rings is 3. The van der Waals surface area contributed by atoms with Crippen LogP contribution < -0.4 is 29.6 Å². The van der Waals surface area contributed by atoms with Crippen molar-refractivity contribution in [1.29, 1.82) is 5.26 Å². The summed E-state index contributed by atoms with van der Waals surface area (Å²) in [4.78, 5) is 25.0. The Hall–Kier alpha value is -4.68. The van der Waals surface area contributed by atoms with Gasteiger partial charge in [0, 0.05) is 11.4 Å². The highest BCUT2D eigenvalue weighted by atomic mass is 35.5. The van der Waals surface area contributed by atoms with Crippen LogP contribution in [0.1, 0.15) is 12.5 Å². The summed E-state index contributed by atoms with van der Waals surface area (Å²) in [5.74, 6) is 0.706. The summed E-state index contributed by atoms with van der Waals surface area (Å²) in [5, 5.41) is 15.1. The quantitative estimate of drug-likeness (QED) is 0.252. The minimum absolute atomic E-state index is 0.136. The summed E-state index contributed by atoms with van der Waals surface area (Å²) in [6.45, 7) is 2.07. The van der Waals surface area contributed by atoms with Gasteiger partial charge in [0.2, 0.25) is 0 Å². The van der Waals surface area contributed by atoms with Crippen molar-refractivity contribution in [3.63, 3.8) is 0 Å². The highest BCUT2D eigenvalue weighted by Crippen LogP contribution is 2.37. The Balaban J connectivity index is 1.69. The number of carbonyl (C=O) groups is 2. The van der Waals surface area contributed by atoms with Gasteiger partial charge in [-0.25, -0.2) is 0 Å². The van der Waals surface area contributed by atoms with E-state index in [4.69, 9.17) is 30.5 Å². The van der Waals surface area contributed by atoms with Crippen LogP contribution in [-0.2, 0) is 9.59 Å². The molecule has 0 spiro atoms. The molecule has 0 aromatic heterocycles. The van der Waals surface area contributed by atoms with Gasteiger partial charge < -0.3 is 29.6 Å². The van der Waals surface area contributed by atoms with E-state index in [-0.39, 0.29) is 28.7 Å². The Morgan fingerprint density at radius 1 is 0.921 bits per heavy atom. The van der Waals surface area contributed by atoms with Gasteiger partial charge in [-0.1, -0.05) is 11.6 Å². The molecule has 0 unspecified atom stereocenters. The molecule has 38 heavy (non-hydrogen) atoms. The first-order chi connectivity index (χ1) is 18.4. The number of hydrogen-bond acceptors (Lipinski definition) is 7. The van der Waals surface area contributed by atoms with Crippen molar-refractivity contribution in [2.45, 2.75) is 6.92 Å². The number of rotatable bonds is 11. The third-order valence-electron chi connectivity index (χ3n) is 5.07. The maximum absolute atomic E-state index is 12.7. The maximum Gasteiger partial charge on any atom is 0.266 e. The highest BCUT2D eigenvalue weighted by molar-refractivity contribution is 6.32. The number of nitrogens with one attached hydrogen (secondary N) is 2. The first-order valence-electron chi connectivity index (χ1n) is 11.5. The molecule has 0 fully saturated rings. The van der Waals surface area contributed by atoms with Crippen molar-refractivity contribution < 1.29 is 28.5 Å². The normalized spacial score (nSPS) is 10.7. The molecule has 0 aliphatic carbocycles. The largest absolute Gasteiger partial charge is 0.497 e. The number of nitrogens with zero attached hydrogens (tertiary/aromatic N) is 1. The zero-order valence-corrected chi connectivity index (χ0v) is 21.8. The maximum atomic E-state index is 12.7. The van der Waals surface area contributed by atoms with Gasteiger partial charge in [0.15, 0.2) is 18.1 Å².